The van der Waals surface area contributed by atoms with Gasteiger partial charge in [0.2, 0.25) is 0 Å². The van der Waals surface area contributed by atoms with Crippen LogP contribution >= 0.6 is 12.4 Å². The molecule has 1 spiro atoms. The van der Waals surface area contributed by atoms with Gasteiger partial charge in [0.15, 0.2) is 0 Å². The first-order valence-corrected chi connectivity index (χ1v) is 10.5. The third kappa shape index (κ3) is 5.39. The Labute approximate surface area is 184 Å². The van der Waals surface area contributed by atoms with E-state index in [9.17, 15) is 9.18 Å². The maximum Gasteiger partial charge on any atom is 0.251 e. The minimum absolute atomic E-state index is 0. The molecule has 6 heteroatoms. The second kappa shape index (κ2) is 9.90. The second-order valence-corrected chi connectivity index (χ2v) is 8.34. The summed E-state index contributed by atoms with van der Waals surface area (Å²) in [7, 11) is 0. The molecule has 0 aromatic heterocycles. The molecule has 0 saturated carbocycles. The van der Waals surface area contributed by atoms with E-state index in [1.165, 1.54) is 17.7 Å². The van der Waals surface area contributed by atoms with Gasteiger partial charge in [-0.2, -0.15) is 0 Å². The van der Waals surface area contributed by atoms with Crippen molar-refractivity contribution < 1.29 is 13.9 Å². The van der Waals surface area contributed by atoms with Crippen LogP contribution in [0.2, 0.25) is 0 Å². The molecule has 0 bridgehead atoms. The number of carbonyl (C=O) groups excluding carboxylic acids is 1. The summed E-state index contributed by atoms with van der Waals surface area (Å²) in [6.45, 7) is 5.84. The molecule has 2 fully saturated rings. The van der Waals surface area contributed by atoms with Crippen molar-refractivity contribution >= 4 is 18.3 Å². The Balaban J connectivity index is 0.00000256. The Hall–Kier alpha value is -1.95. The van der Waals surface area contributed by atoms with Crippen molar-refractivity contribution in [2.45, 2.75) is 44.4 Å². The third-order valence-corrected chi connectivity index (χ3v) is 6.15. The maximum atomic E-state index is 13.5. The summed E-state index contributed by atoms with van der Waals surface area (Å²) in [4.78, 5) is 17.0. The lowest BCUT2D eigenvalue weighted by Gasteiger charge is -2.49. The monoisotopic (exact) mass is 432 g/mol. The van der Waals surface area contributed by atoms with Crippen LogP contribution in [0.4, 0.5) is 4.39 Å². The van der Waals surface area contributed by atoms with Gasteiger partial charge in [-0.15, -0.1) is 12.4 Å². The average molecular weight is 433 g/mol. The lowest BCUT2D eigenvalue weighted by molar-refractivity contribution is -0.190. The molecular formula is C24H30ClFN2O2. The third-order valence-electron chi connectivity index (χ3n) is 6.15. The number of amides is 1. The predicted molar refractivity (Wildman–Crippen MR) is 118 cm³/mol. The van der Waals surface area contributed by atoms with Gasteiger partial charge < -0.3 is 14.5 Å². The van der Waals surface area contributed by atoms with Crippen LogP contribution in [-0.2, 0) is 22.5 Å². The summed E-state index contributed by atoms with van der Waals surface area (Å²) in [6.07, 6.45) is 2.43. The predicted octanol–water partition coefficient (Wildman–Crippen LogP) is 4.07. The number of morpholine rings is 1. The van der Waals surface area contributed by atoms with E-state index in [2.05, 4.69) is 29.2 Å². The van der Waals surface area contributed by atoms with Crippen molar-refractivity contribution in [2.24, 2.45) is 0 Å². The number of piperidine rings is 1. The summed E-state index contributed by atoms with van der Waals surface area (Å²) >= 11 is 0. The van der Waals surface area contributed by atoms with Crippen molar-refractivity contribution in [1.29, 1.82) is 0 Å². The summed E-state index contributed by atoms with van der Waals surface area (Å²) in [5.74, 6) is -0.274. The molecular weight excluding hydrogens is 403 g/mol. The first-order chi connectivity index (χ1) is 14.0. The summed E-state index contributed by atoms with van der Waals surface area (Å²) in [6, 6.07) is 17.1. The van der Waals surface area contributed by atoms with Gasteiger partial charge in [-0.3, -0.25) is 4.79 Å². The number of benzene rings is 2. The molecule has 4 rings (SSSR count). The van der Waals surface area contributed by atoms with Crippen LogP contribution in [0.25, 0.3) is 0 Å². The molecule has 0 N–H and O–H groups in total. The van der Waals surface area contributed by atoms with Gasteiger partial charge in [0.05, 0.1) is 12.1 Å². The van der Waals surface area contributed by atoms with Gasteiger partial charge in [-0.25, -0.2) is 4.39 Å². The van der Waals surface area contributed by atoms with E-state index in [0.29, 0.717) is 13.1 Å². The van der Waals surface area contributed by atoms with Crippen molar-refractivity contribution in [3.63, 3.8) is 0 Å². The molecule has 2 aromatic rings. The topological polar surface area (TPSA) is 32.8 Å². The minimum Gasteiger partial charge on any atom is -0.360 e. The number of hydrogen-bond acceptors (Lipinski definition) is 3. The first kappa shape index (κ1) is 22.7. The van der Waals surface area contributed by atoms with Crippen LogP contribution in [0, 0.1) is 5.82 Å². The van der Waals surface area contributed by atoms with Gasteiger partial charge >= 0.3 is 0 Å². The molecule has 0 aliphatic carbocycles. The molecule has 2 heterocycles. The van der Waals surface area contributed by atoms with E-state index in [1.54, 1.807) is 6.07 Å². The van der Waals surface area contributed by atoms with Crippen molar-refractivity contribution in [3.8, 4) is 0 Å². The Morgan fingerprint density at radius 1 is 1.07 bits per heavy atom. The van der Waals surface area contributed by atoms with E-state index >= 15 is 0 Å². The number of rotatable bonds is 5. The van der Waals surface area contributed by atoms with E-state index in [1.807, 2.05) is 24.0 Å². The molecule has 2 aliphatic heterocycles. The molecule has 2 saturated heterocycles. The van der Waals surface area contributed by atoms with Gasteiger partial charge in [-0.1, -0.05) is 42.5 Å². The van der Waals surface area contributed by atoms with Gasteiger partial charge in [-0.05, 0) is 49.4 Å². The normalized spacial score (nSPS) is 21.5. The molecule has 4 nitrogen and oxygen atoms in total. The van der Waals surface area contributed by atoms with Crippen molar-refractivity contribution in [1.82, 2.24) is 9.80 Å². The number of ether oxygens (including phenoxy) is 1. The Kier molecular flexibility index (Phi) is 7.50. The highest BCUT2D eigenvalue weighted by molar-refractivity contribution is 5.85. The number of carbonyl (C=O) groups is 1. The quantitative estimate of drug-likeness (QED) is 0.714. The molecule has 2 aliphatic rings. The smallest absolute Gasteiger partial charge is 0.251 e. The fourth-order valence-electron chi connectivity index (χ4n) is 4.53. The Morgan fingerprint density at radius 2 is 1.77 bits per heavy atom. The van der Waals surface area contributed by atoms with Crippen LogP contribution in [-0.4, -0.2) is 53.6 Å². The number of hydrogen-bond donors (Lipinski definition) is 0. The zero-order valence-electron chi connectivity index (χ0n) is 17.4. The largest absolute Gasteiger partial charge is 0.360 e. The van der Waals surface area contributed by atoms with Crippen LogP contribution in [0.3, 0.4) is 0 Å². The van der Waals surface area contributed by atoms with Gasteiger partial charge in [0.1, 0.15) is 11.9 Å². The Morgan fingerprint density at radius 3 is 2.47 bits per heavy atom. The molecule has 0 radical (unpaired) electrons. The van der Waals surface area contributed by atoms with Gasteiger partial charge in [0.25, 0.3) is 5.91 Å². The minimum atomic E-state index is -0.451. The van der Waals surface area contributed by atoms with Crippen LogP contribution < -0.4 is 0 Å². The standard InChI is InChI=1S/C24H29FN2O2.ClH/c1-19-23(28)27(17-21-8-5-9-22(25)16-21)18-24(29-19)11-14-26(15-12-24)13-10-20-6-3-2-4-7-20;/h2-9,16,19H,10-15,17-18H2,1H3;1H. The molecule has 162 valence electrons. The second-order valence-electron chi connectivity index (χ2n) is 8.34. The van der Waals surface area contributed by atoms with E-state index in [-0.39, 0.29) is 29.7 Å². The molecule has 1 unspecified atom stereocenters. The number of nitrogens with zero attached hydrogens (tertiary/aromatic N) is 2. The highest BCUT2D eigenvalue weighted by atomic mass is 35.5. The number of likely N-dealkylation sites (tertiary alicyclic amines) is 1. The maximum absolute atomic E-state index is 13.5. The van der Waals surface area contributed by atoms with Gasteiger partial charge in [0, 0.05) is 26.2 Å². The van der Waals surface area contributed by atoms with Crippen LogP contribution in [0.5, 0.6) is 0 Å². The Bertz CT molecular complexity index is 840. The van der Waals surface area contributed by atoms with E-state index < -0.39 is 6.10 Å². The lowest BCUT2D eigenvalue weighted by atomic mass is 9.88. The molecule has 30 heavy (non-hydrogen) atoms. The molecule has 1 atom stereocenters. The summed E-state index contributed by atoms with van der Waals surface area (Å²) < 4.78 is 19.8. The van der Waals surface area contributed by atoms with Crippen molar-refractivity contribution in [3.05, 3.63) is 71.5 Å². The fourth-order valence-corrected chi connectivity index (χ4v) is 4.53. The molecule has 2 aromatic carbocycles. The van der Waals surface area contributed by atoms with Crippen molar-refractivity contribution in [2.75, 3.05) is 26.2 Å². The zero-order valence-corrected chi connectivity index (χ0v) is 18.2. The van der Waals surface area contributed by atoms with E-state index in [4.69, 9.17) is 4.74 Å². The first-order valence-electron chi connectivity index (χ1n) is 10.5. The summed E-state index contributed by atoms with van der Waals surface area (Å²) in [5.41, 5.74) is 1.90. The zero-order chi connectivity index (χ0) is 20.3. The highest BCUT2D eigenvalue weighted by Crippen LogP contribution is 2.33. The summed E-state index contributed by atoms with van der Waals surface area (Å²) in [5, 5.41) is 0. The fraction of sp³-hybridized carbons (Fsp3) is 0.458. The SMILES string of the molecule is CC1OC2(CCN(CCc3ccccc3)CC2)CN(Cc2cccc(F)c2)C1=O.Cl. The van der Waals surface area contributed by atoms with Crippen LogP contribution in [0.15, 0.2) is 54.6 Å². The van der Waals surface area contributed by atoms with Crippen LogP contribution in [0.1, 0.15) is 30.9 Å². The highest BCUT2D eigenvalue weighted by Gasteiger charge is 2.45. The lowest BCUT2D eigenvalue weighted by Crippen LogP contribution is -2.61. The number of halogens is 2. The average Bonchev–Trinajstić information content (AvgIpc) is 2.72. The molecule has 1 amide bonds. The van der Waals surface area contributed by atoms with E-state index in [0.717, 1.165) is 44.5 Å².